The Labute approximate surface area is 523 Å². The summed E-state index contributed by atoms with van der Waals surface area (Å²) in [4.78, 5) is 86.8. The lowest BCUT2D eigenvalue weighted by atomic mass is 9.87. The second-order valence-corrected chi connectivity index (χ2v) is 21.5. The van der Waals surface area contributed by atoms with E-state index in [-0.39, 0.29) is 71.3 Å². The molecule has 8 bridgehead atoms. The molecule has 0 amide bonds. The van der Waals surface area contributed by atoms with Crippen molar-refractivity contribution in [3.05, 3.63) is 164 Å². The average Bonchev–Trinajstić information content (AvgIpc) is 2.16. The highest BCUT2D eigenvalue weighted by molar-refractivity contribution is 5.93. The molecule has 0 N–H and O–H groups in total. The van der Waals surface area contributed by atoms with Crippen LogP contribution in [0.3, 0.4) is 0 Å². The van der Waals surface area contributed by atoms with E-state index in [9.17, 15) is 33.6 Å². The molecule has 5 rings (SSSR count). The molecule has 0 unspecified atom stereocenters. The summed E-state index contributed by atoms with van der Waals surface area (Å²) in [7, 11) is 3.63. The topological polar surface area (TPSA) is 221 Å². The van der Waals surface area contributed by atoms with Crippen LogP contribution in [0.5, 0.6) is 23.0 Å². The molecule has 1 aliphatic carbocycles. The lowest BCUT2D eigenvalue weighted by Gasteiger charge is -2.25. The standard InChI is InChI=1S/C71H88O18/c1-10-14-18-49-36-53-44-55-38-50(19-15-11-2)40-57(68(55)86-32-29-83-65(76)26-23-62(73)80-8)46-59-42-52(21-17-13-4)43-60(70(59)88-34-35-89-71(78)48(5)6)47-58-41-51(20-16-12-3)39-56(69(58)87-33-30-84-66(77)27-24-63(74)81-9)45-54(37-49)67(53)85-31-28-82-64(75)25-22-61(72)79-7/h22-27,36-43H,5,10-21,28-35,44-47H2,1-4,6-9H3/b25-22-,26-23-,27-24-. The molecule has 0 saturated carbocycles. The van der Waals surface area contributed by atoms with Crippen LogP contribution in [0.25, 0.3) is 0 Å². The van der Waals surface area contributed by atoms with Crippen molar-refractivity contribution in [3.8, 4) is 23.0 Å². The van der Waals surface area contributed by atoms with Crippen LogP contribution in [0.4, 0.5) is 0 Å². The fourth-order valence-electron chi connectivity index (χ4n) is 10.0. The first-order valence-electron chi connectivity index (χ1n) is 30.7. The van der Waals surface area contributed by atoms with Crippen molar-refractivity contribution >= 4 is 41.8 Å². The number of unbranched alkanes of at least 4 members (excludes halogenated alkanes) is 4. The summed E-state index contributed by atoms with van der Waals surface area (Å²) in [5.41, 5.74) is 11.1. The number of hydrogen-bond donors (Lipinski definition) is 0. The monoisotopic (exact) mass is 1230 g/mol. The van der Waals surface area contributed by atoms with E-state index in [1.807, 2.05) is 0 Å². The summed E-state index contributed by atoms with van der Waals surface area (Å²) in [6.07, 6.45) is 17.5. The van der Waals surface area contributed by atoms with Crippen LogP contribution in [-0.2, 0) is 118 Å². The van der Waals surface area contributed by atoms with E-state index >= 15 is 0 Å². The van der Waals surface area contributed by atoms with Crippen molar-refractivity contribution in [2.75, 3.05) is 74.2 Å². The maximum Gasteiger partial charge on any atom is 0.333 e. The molecule has 0 heterocycles. The zero-order valence-electron chi connectivity index (χ0n) is 53.1. The van der Waals surface area contributed by atoms with Crippen molar-refractivity contribution in [2.24, 2.45) is 0 Å². The maximum absolute atomic E-state index is 12.8. The van der Waals surface area contributed by atoms with Gasteiger partial charge in [0.25, 0.3) is 0 Å². The predicted octanol–water partition coefficient (Wildman–Crippen LogP) is 11.2. The molecule has 1 aliphatic rings. The summed E-state index contributed by atoms with van der Waals surface area (Å²) in [6.45, 7) is 13.2. The smallest absolute Gasteiger partial charge is 0.333 e. The fraction of sp³-hybridized carbons (Fsp3) is 0.451. The van der Waals surface area contributed by atoms with Gasteiger partial charge in [0.1, 0.15) is 75.9 Å². The molecule has 4 aromatic carbocycles. The Hall–Kier alpha value is -8.67. The van der Waals surface area contributed by atoms with Crippen LogP contribution in [0.2, 0.25) is 0 Å². The van der Waals surface area contributed by atoms with Gasteiger partial charge >= 0.3 is 41.8 Å². The second-order valence-electron chi connectivity index (χ2n) is 21.5. The van der Waals surface area contributed by atoms with E-state index in [0.717, 1.165) is 180 Å². The van der Waals surface area contributed by atoms with E-state index in [1.54, 1.807) is 6.92 Å². The van der Waals surface area contributed by atoms with Crippen LogP contribution in [0.1, 0.15) is 153 Å². The van der Waals surface area contributed by atoms with Gasteiger partial charge in [0, 0.05) is 67.7 Å². The normalized spacial score (nSPS) is 11.9. The first kappa shape index (κ1) is 71.1. The molecule has 0 saturated heterocycles. The van der Waals surface area contributed by atoms with Gasteiger partial charge < -0.3 is 52.1 Å². The Bertz CT molecular complexity index is 3010. The average molecular weight is 1230 g/mol. The molecule has 0 aromatic heterocycles. The third-order valence-electron chi connectivity index (χ3n) is 14.3. The first-order valence-corrected chi connectivity index (χ1v) is 30.7. The van der Waals surface area contributed by atoms with Crippen LogP contribution in [0, 0.1) is 0 Å². The summed E-state index contributed by atoms with van der Waals surface area (Å²) < 4.78 is 63.7. The molecular formula is C71H88O18. The Balaban J connectivity index is 1.88. The van der Waals surface area contributed by atoms with E-state index < -0.39 is 41.8 Å². The summed E-state index contributed by atoms with van der Waals surface area (Å²) >= 11 is 0. The number of benzene rings is 4. The van der Waals surface area contributed by atoms with Gasteiger partial charge in [0.05, 0.1) is 21.3 Å². The summed E-state index contributed by atoms with van der Waals surface area (Å²) in [5.74, 6) is -2.69. The van der Waals surface area contributed by atoms with Gasteiger partial charge in [-0.05, 0) is 125 Å². The number of methoxy groups -OCH3 is 3. The molecule has 0 fully saturated rings. The van der Waals surface area contributed by atoms with Crippen molar-refractivity contribution in [2.45, 2.75) is 137 Å². The largest absolute Gasteiger partial charge is 0.489 e. The minimum absolute atomic E-state index is 0.0103. The number of aryl methyl sites for hydroxylation is 4. The number of rotatable bonds is 35. The van der Waals surface area contributed by atoms with E-state index in [4.69, 9.17) is 37.9 Å². The highest BCUT2D eigenvalue weighted by Crippen LogP contribution is 2.42. The molecule has 0 spiro atoms. The fourth-order valence-corrected chi connectivity index (χ4v) is 10.0. The predicted molar refractivity (Wildman–Crippen MR) is 336 cm³/mol. The maximum atomic E-state index is 12.8. The number of esters is 7. The summed E-state index contributed by atoms with van der Waals surface area (Å²) in [6, 6.07) is 17.3. The third-order valence-corrected chi connectivity index (χ3v) is 14.3. The SMILES string of the molecule is C=C(C)C(=O)OCCOc1c2cc(CCCC)cc1Cc1cc(CCCC)cc(c1OCCOC(=O)/C=C\C(=O)OC)Cc1cc(CCCC)cc(c1OCCOC(=O)/C=C\C(=O)OC)Cc1cc(CCCC)cc(c1OCCOC(=O)/C=C\C(=O)OC)C2. The molecule has 0 atom stereocenters. The molecule has 0 aliphatic heterocycles. The van der Waals surface area contributed by atoms with Crippen LogP contribution in [-0.4, -0.2) is 116 Å². The number of fused-ring (bicyclic) bond motifs is 8. The first-order chi connectivity index (χ1) is 43.0. The van der Waals surface area contributed by atoms with Gasteiger partial charge in [-0.15, -0.1) is 0 Å². The van der Waals surface area contributed by atoms with Gasteiger partial charge in [-0.1, -0.05) is 108 Å². The van der Waals surface area contributed by atoms with Gasteiger partial charge in [-0.25, -0.2) is 33.6 Å². The van der Waals surface area contributed by atoms with E-state index in [2.05, 4.69) is 97.0 Å². The molecule has 89 heavy (non-hydrogen) atoms. The van der Waals surface area contributed by atoms with Crippen LogP contribution >= 0.6 is 0 Å². The quantitative estimate of drug-likeness (QED) is 0.0159. The highest BCUT2D eigenvalue weighted by atomic mass is 16.6. The van der Waals surface area contributed by atoms with E-state index in [1.165, 1.54) is 21.3 Å². The number of ether oxygens (including phenoxy) is 11. The second kappa shape index (κ2) is 38.6. The minimum Gasteiger partial charge on any atom is -0.489 e. The number of carbonyl (C=O) groups is 7. The van der Waals surface area contributed by atoms with Gasteiger partial charge in [-0.3, -0.25) is 0 Å². The number of carbonyl (C=O) groups excluding carboxylic acids is 7. The Morgan fingerprint density at radius 3 is 0.764 bits per heavy atom. The van der Waals surface area contributed by atoms with E-state index in [0.29, 0.717) is 35.8 Å². The molecule has 18 nitrogen and oxygen atoms in total. The lowest BCUT2D eigenvalue weighted by molar-refractivity contribution is -0.140. The van der Waals surface area contributed by atoms with Gasteiger partial charge in [0.2, 0.25) is 0 Å². The molecular weight excluding hydrogens is 1140 g/mol. The lowest BCUT2D eigenvalue weighted by Crippen LogP contribution is -2.16. The zero-order valence-corrected chi connectivity index (χ0v) is 53.1. The van der Waals surface area contributed by atoms with Crippen LogP contribution in [0.15, 0.2) is 97.1 Å². The molecule has 480 valence electrons. The molecule has 4 aromatic rings. The zero-order chi connectivity index (χ0) is 64.5. The van der Waals surface area contributed by atoms with Crippen molar-refractivity contribution < 1.29 is 85.7 Å². The third kappa shape index (κ3) is 24.1. The van der Waals surface area contributed by atoms with Gasteiger partial charge in [-0.2, -0.15) is 0 Å². The van der Waals surface area contributed by atoms with Crippen molar-refractivity contribution in [1.29, 1.82) is 0 Å². The molecule has 18 heteroatoms. The molecule has 0 radical (unpaired) electrons. The van der Waals surface area contributed by atoms with Gasteiger partial charge in [0.15, 0.2) is 0 Å². The number of hydrogen-bond acceptors (Lipinski definition) is 18. The minimum atomic E-state index is -0.760. The highest BCUT2D eigenvalue weighted by Gasteiger charge is 2.26. The van der Waals surface area contributed by atoms with Crippen LogP contribution < -0.4 is 18.9 Å². The summed E-state index contributed by atoms with van der Waals surface area (Å²) in [5, 5.41) is 0. The Morgan fingerprint density at radius 2 is 0.562 bits per heavy atom. The Morgan fingerprint density at radius 1 is 0.348 bits per heavy atom. The Kier molecular flexibility index (Phi) is 30.8. The van der Waals surface area contributed by atoms with Crippen molar-refractivity contribution in [3.63, 3.8) is 0 Å². The van der Waals surface area contributed by atoms with Crippen molar-refractivity contribution in [1.82, 2.24) is 0 Å².